The van der Waals surface area contributed by atoms with Crippen LogP contribution in [0.5, 0.6) is 0 Å². The normalized spacial score (nSPS) is 28.9. The van der Waals surface area contributed by atoms with E-state index in [9.17, 15) is 9.59 Å². The maximum Gasteiger partial charge on any atom is 0.274 e. The van der Waals surface area contributed by atoms with Crippen molar-refractivity contribution in [2.75, 3.05) is 18.4 Å². The second-order valence-corrected chi connectivity index (χ2v) is 13.5. The highest BCUT2D eigenvalue weighted by Crippen LogP contribution is 2.60. The van der Waals surface area contributed by atoms with E-state index < -0.39 is 0 Å². The van der Waals surface area contributed by atoms with Crippen molar-refractivity contribution in [2.45, 2.75) is 64.8 Å². The molecule has 3 aromatic heterocycles. The number of hydrogen-bond donors (Lipinski definition) is 1. The number of nitrogens with one attached hydrogen (secondary N) is 1. The van der Waals surface area contributed by atoms with Gasteiger partial charge in [0.2, 0.25) is 5.95 Å². The maximum absolute atomic E-state index is 13.6. The number of aryl methyl sites for hydroxylation is 1. The van der Waals surface area contributed by atoms with Crippen LogP contribution in [0.4, 0.5) is 5.95 Å². The second-order valence-electron chi connectivity index (χ2n) is 12.3. The Bertz CT molecular complexity index is 1360. The van der Waals surface area contributed by atoms with Gasteiger partial charge in [0, 0.05) is 43.2 Å². The largest absolute Gasteiger partial charge is 0.348 e. The van der Waals surface area contributed by atoms with Crippen molar-refractivity contribution < 1.29 is 9.59 Å². The third kappa shape index (κ3) is 4.19. The molecule has 9 heteroatoms. The van der Waals surface area contributed by atoms with Crippen LogP contribution in [0.15, 0.2) is 24.5 Å². The van der Waals surface area contributed by atoms with Crippen LogP contribution in [-0.2, 0) is 4.79 Å². The SMILES string of the molecule is Cc1nc2nc(N[C@@H](C)c3cccnc3)nc(C(=O)N3CC(CC(=O)C45CC6CC(CC(C6)C4)C5)C3)c2s1. The van der Waals surface area contributed by atoms with Gasteiger partial charge in [0.05, 0.1) is 11.0 Å². The van der Waals surface area contributed by atoms with Crippen molar-refractivity contribution >= 4 is 39.3 Å². The summed E-state index contributed by atoms with van der Waals surface area (Å²) in [6.45, 7) is 5.17. The Hall–Kier alpha value is -2.94. The molecule has 1 N–H and O–H groups in total. The molecule has 1 aliphatic heterocycles. The number of Topliss-reactive ketones (excluding diaryl/α,β-unsaturated/α-hetero) is 1. The highest BCUT2D eigenvalue weighted by atomic mass is 32.1. The van der Waals surface area contributed by atoms with Crippen molar-refractivity contribution in [1.82, 2.24) is 24.8 Å². The first-order valence-electron chi connectivity index (χ1n) is 14.0. The van der Waals surface area contributed by atoms with Crippen LogP contribution < -0.4 is 5.32 Å². The number of nitrogens with zero attached hydrogens (tertiary/aromatic N) is 5. The van der Waals surface area contributed by atoms with Crippen LogP contribution in [0, 0.1) is 36.0 Å². The summed E-state index contributed by atoms with van der Waals surface area (Å²) in [6.07, 6.45) is 11.6. The molecule has 4 heterocycles. The minimum absolute atomic E-state index is 0.0519. The number of carbonyl (C=O) groups excluding carboxylic acids is 2. The van der Waals surface area contributed by atoms with Gasteiger partial charge >= 0.3 is 0 Å². The van der Waals surface area contributed by atoms with Crippen molar-refractivity contribution in [3.05, 3.63) is 40.8 Å². The summed E-state index contributed by atoms with van der Waals surface area (Å²) in [4.78, 5) is 47.0. The maximum atomic E-state index is 13.6. The number of carbonyl (C=O) groups is 2. The number of fused-ring (bicyclic) bond motifs is 1. The fraction of sp³-hybridized carbons (Fsp3) is 0.586. The van der Waals surface area contributed by atoms with Crippen molar-refractivity contribution in [1.29, 1.82) is 0 Å². The Balaban J connectivity index is 1.05. The van der Waals surface area contributed by atoms with E-state index in [4.69, 9.17) is 0 Å². The molecule has 8 rings (SSSR count). The van der Waals surface area contributed by atoms with E-state index in [-0.39, 0.29) is 23.3 Å². The summed E-state index contributed by atoms with van der Waals surface area (Å²) < 4.78 is 0.722. The van der Waals surface area contributed by atoms with E-state index >= 15 is 0 Å². The number of rotatable bonds is 7. The smallest absolute Gasteiger partial charge is 0.274 e. The fourth-order valence-electron chi connectivity index (χ4n) is 7.99. The Morgan fingerprint density at radius 2 is 1.82 bits per heavy atom. The third-order valence-corrected chi connectivity index (χ3v) is 10.4. The van der Waals surface area contributed by atoms with Gasteiger partial charge in [0.1, 0.15) is 10.5 Å². The van der Waals surface area contributed by atoms with Crippen LogP contribution in [0.3, 0.4) is 0 Å². The van der Waals surface area contributed by atoms with E-state index in [1.165, 1.54) is 30.6 Å². The van der Waals surface area contributed by atoms with Crippen LogP contribution in [0.2, 0.25) is 0 Å². The molecule has 8 nitrogen and oxygen atoms in total. The number of hydrogen-bond acceptors (Lipinski definition) is 8. The Morgan fingerprint density at radius 3 is 2.47 bits per heavy atom. The van der Waals surface area contributed by atoms with Gasteiger partial charge in [-0.15, -0.1) is 11.3 Å². The predicted octanol–water partition coefficient (Wildman–Crippen LogP) is 5.21. The molecule has 1 amide bonds. The molecular weight excluding hydrogens is 496 g/mol. The molecule has 4 aliphatic carbocycles. The summed E-state index contributed by atoms with van der Waals surface area (Å²) >= 11 is 1.45. The van der Waals surface area contributed by atoms with E-state index in [1.54, 1.807) is 12.4 Å². The van der Waals surface area contributed by atoms with Gasteiger partial charge < -0.3 is 10.2 Å². The van der Waals surface area contributed by atoms with Crippen molar-refractivity contribution in [3.63, 3.8) is 0 Å². The summed E-state index contributed by atoms with van der Waals surface area (Å²) in [5.74, 6) is 3.34. The lowest BCUT2D eigenvalue weighted by molar-refractivity contribution is -0.145. The number of aromatic nitrogens is 4. The topological polar surface area (TPSA) is 101 Å². The number of pyridine rings is 1. The van der Waals surface area contributed by atoms with E-state index in [1.807, 2.05) is 30.9 Å². The quantitative estimate of drug-likeness (QED) is 0.447. The molecule has 0 radical (unpaired) electrons. The molecule has 198 valence electrons. The van der Waals surface area contributed by atoms with Gasteiger partial charge in [-0.3, -0.25) is 14.6 Å². The molecule has 3 aromatic rings. The van der Waals surface area contributed by atoms with Crippen molar-refractivity contribution in [3.8, 4) is 0 Å². The summed E-state index contributed by atoms with van der Waals surface area (Å²) in [5, 5.41) is 4.17. The molecule has 0 spiro atoms. The summed E-state index contributed by atoms with van der Waals surface area (Å²) in [6, 6.07) is 3.81. The van der Waals surface area contributed by atoms with Gasteiger partial charge in [-0.1, -0.05) is 6.07 Å². The highest BCUT2D eigenvalue weighted by molar-refractivity contribution is 7.18. The first-order valence-corrected chi connectivity index (χ1v) is 14.8. The molecule has 0 unspecified atom stereocenters. The number of amides is 1. The zero-order chi connectivity index (χ0) is 26.0. The standard InChI is InChI=1S/C29H34N6O2S/c1-16(22-4-3-5-30-13-22)31-28-33-24(25-26(34-28)32-17(2)38-25)27(37)35-14-21(15-35)9-23(36)29-10-18-6-19(11-29)8-20(7-18)12-29/h3-5,13,16,18-21H,6-12,14-15H2,1-2H3,(H,31,33,34)/t16-,18?,19?,20?,29?/m0/s1. The number of thiazole rings is 1. The minimum atomic E-state index is -0.100. The Kier molecular flexibility index (Phi) is 5.76. The third-order valence-electron chi connectivity index (χ3n) is 9.44. The number of likely N-dealkylation sites (tertiary alicyclic amines) is 1. The minimum Gasteiger partial charge on any atom is -0.348 e. The van der Waals surface area contributed by atoms with E-state index in [0.29, 0.717) is 42.6 Å². The first kappa shape index (κ1) is 24.1. The lowest BCUT2D eigenvalue weighted by Gasteiger charge is -2.56. The molecule has 5 fully saturated rings. The van der Waals surface area contributed by atoms with Crippen LogP contribution >= 0.6 is 11.3 Å². The average Bonchev–Trinajstić information content (AvgIpc) is 3.24. The molecule has 38 heavy (non-hydrogen) atoms. The van der Waals surface area contributed by atoms with Crippen LogP contribution in [0.25, 0.3) is 10.3 Å². The van der Waals surface area contributed by atoms with Crippen LogP contribution in [0.1, 0.15) is 79.0 Å². The lowest BCUT2D eigenvalue weighted by Crippen LogP contribution is -2.54. The average molecular weight is 531 g/mol. The first-order chi connectivity index (χ1) is 18.3. The van der Waals surface area contributed by atoms with E-state index in [2.05, 4.69) is 25.3 Å². The highest BCUT2D eigenvalue weighted by Gasteiger charge is 2.54. The van der Waals surface area contributed by atoms with Crippen LogP contribution in [-0.4, -0.2) is 49.6 Å². The Morgan fingerprint density at radius 1 is 1.11 bits per heavy atom. The van der Waals surface area contributed by atoms with Gasteiger partial charge in [-0.05, 0) is 81.8 Å². The Labute approximate surface area is 226 Å². The molecule has 4 bridgehead atoms. The molecule has 4 saturated carbocycles. The van der Waals surface area contributed by atoms with Gasteiger partial charge in [-0.25, -0.2) is 9.97 Å². The summed E-state index contributed by atoms with van der Waals surface area (Å²) in [7, 11) is 0. The molecular formula is C29H34N6O2S. The van der Waals surface area contributed by atoms with E-state index in [0.717, 1.165) is 52.3 Å². The lowest BCUT2D eigenvalue weighted by atomic mass is 9.48. The zero-order valence-electron chi connectivity index (χ0n) is 22.0. The van der Waals surface area contributed by atoms with Gasteiger partial charge in [0.15, 0.2) is 11.3 Å². The van der Waals surface area contributed by atoms with Crippen molar-refractivity contribution in [2.24, 2.45) is 29.1 Å². The molecule has 0 aromatic carbocycles. The summed E-state index contributed by atoms with van der Waals surface area (Å²) in [5.41, 5.74) is 1.89. The molecule has 1 atom stereocenters. The second kappa shape index (κ2) is 9.07. The zero-order valence-corrected chi connectivity index (χ0v) is 22.8. The number of anilines is 1. The van der Waals surface area contributed by atoms with Gasteiger partial charge in [-0.2, -0.15) is 4.98 Å². The molecule has 1 saturated heterocycles. The predicted molar refractivity (Wildman–Crippen MR) is 146 cm³/mol. The monoisotopic (exact) mass is 530 g/mol. The van der Waals surface area contributed by atoms with Gasteiger partial charge in [0.25, 0.3) is 5.91 Å². The molecule has 5 aliphatic rings. The fourth-order valence-corrected chi connectivity index (χ4v) is 8.83. The number of ketones is 1.